The van der Waals surface area contributed by atoms with Gasteiger partial charge in [0, 0.05) is 19.5 Å². The Labute approximate surface area is 118 Å². The van der Waals surface area contributed by atoms with Crippen molar-refractivity contribution in [2.24, 2.45) is 16.6 Å². The summed E-state index contributed by atoms with van der Waals surface area (Å²) in [7, 11) is 0. The molecule has 0 bridgehead atoms. The molecule has 0 aliphatic heterocycles. The monoisotopic (exact) mass is 353 g/mol. The number of nitrogens with zero attached hydrogens (tertiary/aromatic N) is 3. The second-order valence-electron chi connectivity index (χ2n) is 4.03. The fourth-order valence-electron chi connectivity index (χ4n) is 1.08. The molecule has 1 rings (SSSR count). The smallest absolute Gasteiger partial charge is 0.228 e. The Balaban J connectivity index is 0.00000256. The molecule has 0 saturated carbocycles. The van der Waals surface area contributed by atoms with Gasteiger partial charge in [-0.25, -0.2) is 0 Å². The van der Waals surface area contributed by atoms with Gasteiger partial charge in [-0.1, -0.05) is 19.0 Å². The van der Waals surface area contributed by atoms with Crippen molar-refractivity contribution < 1.29 is 4.52 Å². The van der Waals surface area contributed by atoms with E-state index >= 15 is 0 Å². The van der Waals surface area contributed by atoms with Gasteiger partial charge in [-0.05, 0) is 12.8 Å². The Morgan fingerprint density at radius 3 is 2.76 bits per heavy atom. The minimum Gasteiger partial charge on any atom is -0.370 e. The Morgan fingerprint density at radius 2 is 2.24 bits per heavy atom. The van der Waals surface area contributed by atoms with Crippen molar-refractivity contribution >= 4 is 29.9 Å². The quantitative estimate of drug-likeness (QED) is 0.470. The van der Waals surface area contributed by atoms with Crippen molar-refractivity contribution in [3.05, 3.63) is 11.7 Å². The number of halogens is 1. The topological polar surface area (TPSA) is 89.3 Å². The third-order valence-corrected chi connectivity index (χ3v) is 1.84. The molecular weight excluding hydrogens is 333 g/mol. The van der Waals surface area contributed by atoms with Crippen molar-refractivity contribution in [1.82, 2.24) is 15.5 Å². The van der Waals surface area contributed by atoms with Crippen LogP contribution in [0.2, 0.25) is 0 Å². The number of nitrogens with two attached hydrogens (primary N) is 1. The molecule has 0 atom stereocenters. The molecule has 0 saturated heterocycles. The van der Waals surface area contributed by atoms with Gasteiger partial charge in [0.25, 0.3) is 0 Å². The van der Waals surface area contributed by atoms with Crippen LogP contribution in [0.3, 0.4) is 0 Å². The van der Waals surface area contributed by atoms with Crippen LogP contribution >= 0.6 is 24.0 Å². The Morgan fingerprint density at radius 1 is 1.53 bits per heavy atom. The van der Waals surface area contributed by atoms with E-state index in [1.807, 2.05) is 0 Å². The van der Waals surface area contributed by atoms with E-state index in [0.29, 0.717) is 36.6 Å². The molecule has 0 aromatic carbocycles. The molecule has 7 heteroatoms. The first-order chi connectivity index (χ1) is 7.58. The lowest BCUT2D eigenvalue weighted by atomic mass is 10.2. The first-order valence-corrected chi connectivity index (χ1v) is 5.41. The van der Waals surface area contributed by atoms with Crippen LogP contribution in [0.5, 0.6) is 0 Å². The van der Waals surface area contributed by atoms with E-state index in [9.17, 15) is 0 Å². The third kappa shape index (κ3) is 7.14. The van der Waals surface area contributed by atoms with E-state index in [1.54, 1.807) is 6.92 Å². The summed E-state index contributed by atoms with van der Waals surface area (Å²) in [4.78, 5) is 8.26. The van der Waals surface area contributed by atoms with E-state index < -0.39 is 0 Å². The summed E-state index contributed by atoms with van der Waals surface area (Å²) < 4.78 is 4.96. The van der Waals surface area contributed by atoms with Crippen LogP contribution in [-0.2, 0) is 6.42 Å². The average molecular weight is 353 g/mol. The number of rotatable bonds is 5. The number of aromatic nitrogens is 2. The van der Waals surface area contributed by atoms with Gasteiger partial charge in [-0.3, -0.25) is 4.99 Å². The molecule has 1 heterocycles. The molecule has 0 unspecified atom stereocenters. The lowest BCUT2D eigenvalue weighted by Crippen LogP contribution is -2.33. The maximum Gasteiger partial charge on any atom is 0.228 e. The Bertz CT molecular complexity index is 350. The number of aryl methyl sites for hydroxylation is 1. The van der Waals surface area contributed by atoms with Crippen LogP contribution in [0.4, 0.5) is 0 Å². The molecule has 98 valence electrons. The summed E-state index contributed by atoms with van der Waals surface area (Å²) >= 11 is 0. The van der Waals surface area contributed by atoms with Gasteiger partial charge in [0.1, 0.15) is 0 Å². The Hall–Kier alpha value is -0.860. The summed E-state index contributed by atoms with van der Waals surface area (Å²) in [5, 5.41) is 6.69. The van der Waals surface area contributed by atoms with Gasteiger partial charge in [0.2, 0.25) is 5.89 Å². The second-order valence-corrected chi connectivity index (χ2v) is 4.03. The molecular formula is C10H20IN5O. The number of hydrogen-bond donors (Lipinski definition) is 2. The highest BCUT2D eigenvalue weighted by molar-refractivity contribution is 14.0. The predicted molar refractivity (Wildman–Crippen MR) is 77.5 cm³/mol. The molecule has 0 amide bonds. The van der Waals surface area contributed by atoms with Crippen LogP contribution in [0.1, 0.15) is 25.6 Å². The van der Waals surface area contributed by atoms with Gasteiger partial charge in [0.05, 0.1) is 0 Å². The van der Waals surface area contributed by atoms with Crippen LogP contribution in [0.15, 0.2) is 9.52 Å². The van der Waals surface area contributed by atoms with Crippen LogP contribution in [0.25, 0.3) is 0 Å². The zero-order valence-electron chi connectivity index (χ0n) is 10.4. The molecule has 1 aromatic rings. The summed E-state index contributed by atoms with van der Waals surface area (Å²) in [6, 6.07) is 0. The minimum absolute atomic E-state index is 0. The zero-order valence-corrected chi connectivity index (χ0v) is 12.8. The highest BCUT2D eigenvalue weighted by Crippen LogP contribution is 1.95. The van der Waals surface area contributed by atoms with Gasteiger partial charge in [-0.15, -0.1) is 24.0 Å². The van der Waals surface area contributed by atoms with E-state index in [4.69, 9.17) is 10.3 Å². The maximum atomic E-state index is 5.66. The van der Waals surface area contributed by atoms with Crippen molar-refractivity contribution in [3.63, 3.8) is 0 Å². The SMILES string of the molecule is Cc1noc(CCNC(N)=NCC(C)C)n1.I. The molecule has 0 fully saturated rings. The molecule has 0 aliphatic rings. The van der Waals surface area contributed by atoms with Gasteiger partial charge in [-0.2, -0.15) is 4.98 Å². The Kier molecular flexibility index (Phi) is 7.85. The lowest BCUT2D eigenvalue weighted by Gasteiger charge is -2.04. The number of hydrogen-bond acceptors (Lipinski definition) is 4. The maximum absolute atomic E-state index is 5.66. The van der Waals surface area contributed by atoms with Gasteiger partial charge < -0.3 is 15.6 Å². The molecule has 0 radical (unpaired) electrons. The summed E-state index contributed by atoms with van der Waals surface area (Å²) in [5.74, 6) is 2.24. The fraction of sp³-hybridized carbons (Fsp3) is 0.700. The second kappa shape index (κ2) is 8.26. The average Bonchev–Trinajstić information content (AvgIpc) is 2.61. The molecule has 0 aliphatic carbocycles. The lowest BCUT2D eigenvalue weighted by molar-refractivity contribution is 0.374. The van der Waals surface area contributed by atoms with Crippen molar-refractivity contribution in [1.29, 1.82) is 0 Å². The standard InChI is InChI=1S/C10H19N5O.HI/c1-7(2)6-13-10(11)12-5-4-9-14-8(3)15-16-9;/h7H,4-6H2,1-3H3,(H3,11,12,13);1H. The van der Waals surface area contributed by atoms with Gasteiger partial charge in [0.15, 0.2) is 11.8 Å². The van der Waals surface area contributed by atoms with Crippen LogP contribution in [0, 0.1) is 12.8 Å². The first kappa shape index (κ1) is 16.1. The highest BCUT2D eigenvalue weighted by atomic mass is 127. The molecule has 6 nitrogen and oxygen atoms in total. The third-order valence-electron chi connectivity index (χ3n) is 1.84. The normalized spacial score (nSPS) is 11.4. The molecule has 1 aromatic heterocycles. The summed E-state index contributed by atoms with van der Waals surface area (Å²) in [5.41, 5.74) is 5.66. The number of nitrogens with one attached hydrogen (secondary N) is 1. The number of aliphatic imine (C=N–C) groups is 1. The van der Waals surface area contributed by atoms with Crippen LogP contribution in [-0.4, -0.2) is 29.2 Å². The van der Waals surface area contributed by atoms with Gasteiger partial charge >= 0.3 is 0 Å². The first-order valence-electron chi connectivity index (χ1n) is 5.41. The zero-order chi connectivity index (χ0) is 12.0. The van der Waals surface area contributed by atoms with E-state index in [-0.39, 0.29) is 24.0 Å². The van der Waals surface area contributed by atoms with E-state index in [2.05, 4.69) is 34.3 Å². The summed E-state index contributed by atoms with van der Waals surface area (Å²) in [6.07, 6.45) is 0.652. The van der Waals surface area contributed by atoms with Crippen LogP contribution < -0.4 is 11.1 Å². The fourth-order valence-corrected chi connectivity index (χ4v) is 1.08. The molecule has 3 N–H and O–H groups in total. The highest BCUT2D eigenvalue weighted by Gasteiger charge is 2.01. The molecule has 0 spiro atoms. The van der Waals surface area contributed by atoms with E-state index in [0.717, 1.165) is 6.54 Å². The largest absolute Gasteiger partial charge is 0.370 e. The predicted octanol–water partition coefficient (Wildman–Crippen LogP) is 1.10. The van der Waals surface area contributed by atoms with Crippen molar-refractivity contribution in [2.45, 2.75) is 27.2 Å². The number of guanidine groups is 1. The van der Waals surface area contributed by atoms with E-state index in [1.165, 1.54) is 0 Å². The van der Waals surface area contributed by atoms with Crippen molar-refractivity contribution in [3.8, 4) is 0 Å². The molecule has 17 heavy (non-hydrogen) atoms. The van der Waals surface area contributed by atoms with Crippen molar-refractivity contribution in [2.75, 3.05) is 13.1 Å². The minimum atomic E-state index is 0. The summed E-state index contributed by atoms with van der Waals surface area (Å²) in [6.45, 7) is 7.36.